The smallest absolute Gasteiger partial charge is 0.338 e. The Bertz CT molecular complexity index is 1130. The minimum absolute atomic E-state index is 0.107. The number of rotatable bonds is 6. The lowest BCUT2D eigenvalue weighted by Crippen LogP contribution is -2.14. The fourth-order valence-corrected chi connectivity index (χ4v) is 3.96. The van der Waals surface area contributed by atoms with Crippen LogP contribution in [0.15, 0.2) is 41.4 Å². The SMILES string of the molecule is CCOC(=O)c1ccc2c(c1)sc(=NC(=O)Cc1ccc(OC)cc1OC)n2C. The Hall–Kier alpha value is -3.13. The van der Waals surface area contributed by atoms with E-state index in [0.717, 1.165) is 15.8 Å². The topological polar surface area (TPSA) is 79.1 Å². The van der Waals surface area contributed by atoms with Gasteiger partial charge >= 0.3 is 5.97 Å². The first-order valence-corrected chi connectivity index (χ1v) is 9.83. The minimum Gasteiger partial charge on any atom is -0.497 e. The second kappa shape index (κ2) is 8.91. The number of carbonyl (C=O) groups is 2. The van der Waals surface area contributed by atoms with E-state index in [-0.39, 0.29) is 18.3 Å². The van der Waals surface area contributed by atoms with Crippen molar-refractivity contribution in [2.45, 2.75) is 13.3 Å². The molecule has 3 aromatic rings. The van der Waals surface area contributed by atoms with Gasteiger partial charge in [0.15, 0.2) is 4.80 Å². The Labute approximate surface area is 172 Å². The number of methoxy groups -OCH3 is 2. The largest absolute Gasteiger partial charge is 0.497 e. The molecule has 0 aliphatic heterocycles. The van der Waals surface area contributed by atoms with Crippen LogP contribution in [-0.2, 0) is 23.0 Å². The molecule has 1 aromatic heterocycles. The van der Waals surface area contributed by atoms with Crippen LogP contribution in [0.1, 0.15) is 22.8 Å². The van der Waals surface area contributed by atoms with E-state index in [9.17, 15) is 9.59 Å². The number of nitrogens with zero attached hydrogens (tertiary/aromatic N) is 2. The van der Waals surface area contributed by atoms with Crippen molar-refractivity contribution in [3.63, 3.8) is 0 Å². The van der Waals surface area contributed by atoms with Crippen molar-refractivity contribution < 1.29 is 23.8 Å². The zero-order valence-corrected chi connectivity index (χ0v) is 17.5. The van der Waals surface area contributed by atoms with Crippen molar-refractivity contribution in [1.82, 2.24) is 4.57 Å². The van der Waals surface area contributed by atoms with Gasteiger partial charge in [-0.1, -0.05) is 17.4 Å². The van der Waals surface area contributed by atoms with Crippen molar-refractivity contribution >= 4 is 33.4 Å². The number of esters is 1. The summed E-state index contributed by atoms with van der Waals surface area (Å²) in [5.74, 6) is 0.573. The number of ether oxygens (including phenoxy) is 3. The number of aryl methyl sites for hydroxylation is 1. The molecule has 0 unspecified atom stereocenters. The lowest BCUT2D eigenvalue weighted by Gasteiger charge is -2.08. The maximum Gasteiger partial charge on any atom is 0.338 e. The molecule has 1 heterocycles. The van der Waals surface area contributed by atoms with Crippen LogP contribution < -0.4 is 14.3 Å². The van der Waals surface area contributed by atoms with Crippen LogP contribution in [0.5, 0.6) is 11.5 Å². The predicted molar refractivity (Wildman–Crippen MR) is 111 cm³/mol. The Morgan fingerprint density at radius 3 is 2.59 bits per heavy atom. The summed E-state index contributed by atoms with van der Waals surface area (Å²) in [7, 11) is 4.96. The van der Waals surface area contributed by atoms with Crippen LogP contribution in [0.2, 0.25) is 0 Å². The summed E-state index contributed by atoms with van der Waals surface area (Å²) in [5, 5.41) is 0. The molecule has 8 heteroatoms. The molecule has 3 rings (SSSR count). The summed E-state index contributed by atoms with van der Waals surface area (Å²) < 4.78 is 18.3. The van der Waals surface area contributed by atoms with Crippen molar-refractivity contribution in [1.29, 1.82) is 0 Å². The number of hydrogen-bond acceptors (Lipinski definition) is 6. The van der Waals surface area contributed by atoms with Gasteiger partial charge in [0.2, 0.25) is 0 Å². The predicted octanol–water partition coefficient (Wildman–Crippen LogP) is 3.10. The summed E-state index contributed by atoms with van der Waals surface area (Å²) in [6, 6.07) is 10.6. The van der Waals surface area contributed by atoms with Crippen LogP contribution >= 0.6 is 11.3 Å². The van der Waals surface area contributed by atoms with Crippen LogP contribution in [0.4, 0.5) is 0 Å². The van der Waals surface area contributed by atoms with Crippen molar-refractivity contribution in [3.05, 3.63) is 52.3 Å². The van der Waals surface area contributed by atoms with Crippen LogP contribution in [0, 0.1) is 0 Å². The molecule has 0 N–H and O–H groups in total. The average Bonchev–Trinajstić information content (AvgIpc) is 3.03. The zero-order valence-electron chi connectivity index (χ0n) is 16.7. The summed E-state index contributed by atoms with van der Waals surface area (Å²) in [6.45, 7) is 2.08. The maximum absolute atomic E-state index is 12.6. The second-order valence-electron chi connectivity index (χ2n) is 6.21. The van der Waals surface area contributed by atoms with E-state index in [4.69, 9.17) is 14.2 Å². The van der Waals surface area contributed by atoms with E-state index in [1.165, 1.54) is 11.3 Å². The molecule has 0 atom stereocenters. The second-order valence-corrected chi connectivity index (χ2v) is 7.22. The molecule has 0 radical (unpaired) electrons. The fourth-order valence-electron chi connectivity index (χ4n) is 2.89. The molecule has 0 bridgehead atoms. The van der Waals surface area contributed by atoms with Gasteiger partial charge in [0.1, 0.15) is 11.5 Å². The number of thiazole rings is 1. The Balaban J connectivity index is 1.90. The molecular formula is C21H22N2O5S. The summed E-state index contributed by atoms with van der Waals surface area (Å²) >= 11 is 1.34. The van der Waals surface area contributed by atoms with E-state index in [1.807, 2.05) is 17.7 Å². The number of amides is 1. The minimum atomic E-state index is -0.369. The number of carbonyl (C=O) groups excluding carboxylic acids is 2. The molecule has 0 aliphatic carbocycles. The maximum atomic E-state index is 12.6. The van der Waals surface area contributed by atoms with Gasteiger partial charge in [-0.3, -0.25) is 4.79 Å². The van der Waals surface area contributed by atoms with E-state index in [1.54, 1.807) is 51.5 Å². The summed E-state index contributed by atoms with van der Waals surface area (Å²) in [6.07, 6.45) is 0.107. The van der Waals surface area contributed by atoms with Crippen molar-refractivity contribution in [2.24, 2.45) is 12.0 Å². The number of benzene rings is 2. The average molecular weight is 414 g/mol. The van der Waals surface area contributed by atoms with Crippen LogP contribution in [-0.4, -0.2) is 37.3 Å². The fraction of sp³-hybridized carbons (Fsp3) is 0.286. The van der Waals surface area contributed by atoms with Gasteiger partial charge in [0, 0.05) is 18.7 Å². The molecule has 0 saturated carbocycles. The highest BCUT2D eigenvalue weighted by molar-refractivity contribution is 7.16. The standard InChI is InChI=1S/C21H22N2O5S/c1-5-28-20(25)14-7-9-16-18(10-14)29-21(23(16)2)22-19(24)11-13-6-8-15(26-3)12-17(13)27-4/h6-10,12H,5,11H2,1-4H3. The number of hydrogen-bond donors (Lipinski definition) is 0. The van der Waals surface area contributed by atoms with E-state index < -0.39 is 0 Å². The number of aromatic nitrogens is 1. The molecule has 29 heavy (non-hydrogen) atoms. The lowest BCUT2D eigenvalue weighted by atomic mass is 10.1. The first-order valence-electron chi connectivity index (χ1n) is 9.02. The lowest BCUT2D eigenvalue weighted by molar-refractivity contribution is -0.117. The van der Waals surface area contributed by atoms with Crippen LogP contribution in [0.3, 0.4) is 0 Å². The highest BCUT2D eigenvalue weighted by Gasteiger charge is 2.12. The molecule has 0 saturated heterocycles. The molecular weight excluding hydrogens is 392 g/mol. The van der Waals surface area contributed by atoms with Crippen molar-refractivity contribution in [2.75, 3.05) is 20.8 Å². The highest BCUT2D eigenvalue weighted by Crippen LogP contribution is 2.25. The molecule has 0 spiro atoms. The zero-order chi connectivity index (χ0) is 21.0. The van der Waals surface area contributed by atoms with Crippen molar-refractivity contribution in [3.8, 4) is 11.5 Å². The summed E-state index contributed by atoms with van der Waals surface area (Å²) in [5.41, 5.74) is 2.09. The summed E-state index contributed by atoms with van der Waals surface area (Å²) in [4.78, 5) is 29.3. The molecule has 0 aliphatic rings. The quantitative estimate of drug-likeness (QED) is 0.579. The number of fused-ring (bicyclic) bond motifs is 1. The highest BCUT2D eigenvalue weighted by atomic mass is 32.1. The molecule has 2 aromatic carbocycles. The van der Waals surface area contributed by atoms with Gasteiger partial charge in [0.05, 0.1) is 43.0 Å². The van der Waals surface area contributed by atoms with Gasteiger partial charge < -0.3 is 18.8 Å². The van der Waals surface area contributed by atoms with Gasteiger partial charge in [-0.15, -0.1) is 0 Å². The molecule has 1 amide bonds. The first-order chi connectivity index (χ1) is 14.0. The van der Waals surface area contributed by atoms with Gasteiger partial charge in [-0.25, -0.2) is 4.79 Å². The van der Waals surface area contributed by atoms with Gasteiger partial charge in [-0.2, -0.15) is 4.99 Å². The van der Waals surface area contributed by atoms with E-state index in [2.05, 4.69) is 4.99 Å². The first kappa shape index (κ1) is 20.6. The van der Waals surface area contributed by atoms with Gasteiger partial charge in [-0.05, 0) is 31.2 Å². The van der Waals surface area contributed by atoms with Gasteiger partial charge in [0.25, 0.3) is 5.91 Å². The third-order valence-corrected chi connectivity index (χ3v) is 5.47. The Morgan fingerprint density at radius 1 is 1.10 bits per heavy atom. The van der Waals surface area contributed by atoms with E-state index >= 15 is 0 Å². The molecule has 0 fully saturated rings. The molecule has 152 valence electrons. The normalized spacial score (nSPS) is 11.5. The third kappa shape index (κ3) is 4.48. The monoisotopic (exact) mass is 414 g/mol. The van der Waals surface area contributed by atoms with E-state index in [0.29, 0.717) is 28.5 Å². The van der Waals surface area contributed by atoms with Crippen LogP contribution in [0.25, 0.3) is 10.2 Å². The molecule has 7 nitrogen and oxygen atoms in total. The Kier molecular flexibility index (Phi) is 6.33. The Morgan fingerprint density at radius 2 is 1.90 bits per heavy atom. The third-order valence-electron chi connectivity index (χ3n) is 4.38.